The Kier molecular flexibility index (Phi) is 4.21. The number of nitrogens with one attached hydrogen (secondary N) is 1. The van der Waals surface area contributed by atoms with Crippen molar-refractivity contribution in [1.82, 2.24) is 20.0 Å². The summed E-state index contributed by atoms with van der Waals surface area (Å²) in [5.41, 5.74) is 1.31. The maximum Gasteiger partial charge on any atom is 0.271 e. The average molecular weight is 332 g/mol. The summed E-state index contributed by atoms with van der Waals surface area (Å²) >= 11 is 1.51. The van der Waals surface area contributed by atoms with Crippen LogP contribution in [0, 0.1) is 6.92 Å². The van der Waals surface area contributed by atoms with E-state index in [4.69, 9.17) is 0 Å². The number of fused-ring (bicyclic) bond motifs is 1. The summed E-state index contributed by atoms with van der Waals surface area (Å²) in [6, 6.07) is 5.67. The second-order valence-corrected chi connectivity index (χ2v) is 7.30. The predicted molar refractivity (Wildman–Crippen MR) is 88.6 cm³/mol. The number of carbonyl (C=O) groups is 2. The molecule has 0 saturated heterocycles. The van der Waals surface area contributed by atoms with Crippen LogP contribution >= 0.6 is 11.3 Å². The van der Waals surface area contributed by atoms with Crippen LogP contribution in [0.1, 0.15) is 44.6 Å². The lowest BCUT2D eigenvalue weighted by Gasteiger charge is -2.27. The molecule has 3 heterocycles. The van der Waals surface area contributed by atoms with E-state index in [9.17, 15) is 9.59 Å². The largest absolute Gasteiger partial charge is 0.348 e. The molecule has 1 aliphatic heterocycles. The average Bonchev–Trinajstić information content (AvgIpc) is 3.11. The van der Waals surface area contributed by atoms with E-state index in [1.54, 1.807) is 6.07 Å². The number of rotatable bonds is 3. The van der Waals surface area contributed by atoms with Gasteiger partial charge in [0.05, 0.1) is 23.7 Å². The van der Waals surface area contributed by atoms with Gasteiger partial charge in [0.15, 0.2) is 5.69 Å². The van der Waals surface area contributed by atoms with Crippen molar-refractivity contribution in [3.8, 4) is 0 Å². The van der Waals surface area contributed by atoms with Crippen molar-refractivity contribution in [3.05, 3.63) is 39.3 Å². The van der Waals surface area contributed by atoms with Crippen LogP contribution in [0.3, 0.4) is 0 Å². The SMILES string of the molecule is Cc1ccc(C(=O)N2CCn3nc(C(=O)NC(C)C)cc3C2)s1. The van der Waals surface area contributed by atoms with Crippen molar-refractivity contribution in [2.45, 2.75) is 39.9 Å². The quantitative estimate of drug-likeness (QED) is 0.935. The molecule has 7 heteroatoms. The highest BCUT2D eigenvalue weighted by molar-refractivity contribution is 7.13. The Morgan fingerprint density at radius 2 is 2.09 bits per heavy atom. The number of aromatic nitrogens is 2. The van der Waals surface area contributed by atoms with Crippen LogP contribution in [0.2, 0.25) is 0 Å². The maximum absolute atomic E-state index is 12.5. The van der Waals surface area contributed by atoms with Gasteiger partial charge < -0.3 is 10.2 Å². The first-order chi connectivity index (χ1) is 10.9. The fourth-order valence-electron chi connectivity index (χ4n) is 2.59. The van der Waals surface area contributed by atoms with Crippen molar-refractivity contribution in [2.24, 2.45) is 0 Å². The zero-order valence-corrected chi connectivity index (χ0v) is 14.3. The molecule has 2 aromatic rings. The molecule has 2 amide bonds. The summed E-state index contributed by atoms with van der Waals surface area (Å²) in [5.74, 6) is -0.127. The topological polar surface area (TPSA) is 67.2 Å². The molecule has 1 N–H and O–H groups in total. The summed E-state index contributed by atoms with van der Waals surface area (Å²) in [5, 5.41) is 7.18. The summed E-state index contributed by atoms with van der Waals surface area (Å²) < 4.78 is 1.82. The lowest BCUT2D eigenvalue weighted by molar-refractivity contribution is 0.0710. The molecule has 0 bridgehead atoms. The van der Waals surface area contributed by atoms with Crippen LogP contribution in [0.5, 0.6) is 0 Å². The molecule has 6 nitrogen and oxygen atoms in total. The Morgan fingerprint density at radius 1 is 1.30 bits per heavy atom. The highest BCUT2D eigenvalue weighted by Crippen LogP contribution is 2.21. The van der Waals surface area contributed by atoms with E-state index < -0.39 is 0 Å². The van der Waals surface area contributed by atoms with Gasteiger partial charge in [-0.05, 0) is 39.0 Å². The van der Waals surface area contributed by atoms with Gasteiger partial charge in [-0.25, -0.2) is 0 Å². The molecule has 0 spiro atoms. The molecule has 0 unspecified atom stereocenters. The highest BCUT2D eigenvalue weighted by Gasteiger charge is 2.25. The van der Waals surface area contributed by atoms with Crippen LogP contribution in [-0.4, -0.2) is 39.1 Å². The van der Waals surface area contributed by atoms with Gasteiger partial charge in [0.25, 0.3) is 11.8 Å². The van der Waals surface area contributed by atoms with Crippen molar-refractivity contribution < 1.29 is 9.59 Å². The van der Waals surface area contributed by atoms with Gasteiger partial charge in [-0.1, -0.05) is 0 Å². The van der Waals surface area contributed by atoms with E-state index in [0.717, 1.165) is 15.4 Å². The second-order valence-electron chi connectivity index (χ2n) is 6.01. The number of hydrogen-bond acceptors (Lipinski definition) is 4. The van der Waals surface area contributed by atoms with E-state index in [2.05, 4.69) is 10.4 Å². The van der Waals surface area contributed by atoms with Crippen LogP contribution in [0.25, 0.3) is 0 Å². The Bertz CT molecular complexity index is 747. The molecule has 0 radical (unpaired) electrons. The van der Waals surface area contributed by atoms with E-state index >= 15 is 0 Å². The van der Waals surface area contributed by atoms with E-state index in [1.165, 1.54) is 11.3 Å². The minimum absolute atomic E-state index is 0.0451. The Labute approximate surface area is 139 Å². The van der Waals surface area contributed by atoms with Gasteiger partial charge in [-0.3, -0.25) is 14.3 Å². The normalized spacial score (nSPS) is 14.0. The maximum atomic E-state index is 12.5. The molecule has 23 heavy (non-hydrogen) atoms. The molecule has 0 aliphatic carbocycles. The molecule has 2 aromatic heterocycles. The minimum atomic E-state index is -0.173. The third kappa shape index (κ3) is 3.29. The molecular weight excluding hydrogens is 312 g/mol. The van der Waals surface area contributed by atoms with Gasteiger partial charge in [-0.2, -0.15) is 5.10 Å². The van der Waals surface area contributed by atoms with Crippen molar-refractivity contribution in [2.75, 3.05) is 6.54 Å². The first-order valence-corrected chi connectivity index (χ1v) is 8.49. The summed E-state index contributed by atoms with van der Waals surface area (Å²) in [4.78, 5) is 28.3. The number of hydrogen-bond donors (Lipinski definition) is 1. The van der Waals surface area contributed by atoms with Crippen LogP contribution in [0.4, 0.5) is 0 Å². The van der Waals surface area contributed by atoms with E-state index in [-0.39, 0.29) is 17.9 Å². The summed E-state index contributed by atoms with van der Waals surface area (Å²) in [6.45, 7) is 7.52. The number of aryl methyl sites for hydroxylation is 1. The van der Waals surface area contributed by atoms with Gasteiger partial charge in [0, 0.05) is 17.5 Å². The molecule has 0 fully saturated rings. The fourth-order valence-corrected chi connectivity index (χ4v) is 3.43. The third-order valence-corrected chi connectivity index (χ3v) is 4.68. The van der Waals surface area contributed by atoms with Crippen molar-refractivity contribution in [3.63, 3.8) is 0 Å². The van der Waals surface area contributed by atoms with Gasteiger partial charge in [0.1, 0.15) is 0 Å². The molecule has 0 aromatic carbocycles. The van der Waals surface area contributed by atoms with Crippen molar-refractivity contribution >= 4 is 23.2 Å². The standard InChI is InChI=1S/C16H20N4O2S/c1-10(2)17-15(21)13-8-12-9-19(6-7-20(12)18-13)16(22)14-5-4-11(3)23-14/h4-5,8,10H,6-7,9H2,1-3H3,(H,17,21). The first kappa shape index (κ1) is 15.7. The summed E-state index contributed by atoms with van der Waals surface area (Å²) in [7, 11) is 0. The van der Waals surface area contributed by atoms with E-state index in [1.807, 2.05) is 42.5 Å². The van der Waals surface area contributed by atoms with Crippen LogP contribution in [0.15, 0.2) is 18.2 Å². The number of amides is 2. The van der Waals surface area contributed by atoms with Gasteiger partial charge in [-0.15, -0.1) is 11.3 Å². The van der Waals surface area contributed by atoms with Gasteiger partial charge in [0.2, 0.25) is 0 Å². The minimum Gasteiger partial charge on any atom is -0.348 e. The highest BCUT2D eigenvalue weighted by atomic mass is 32.1. The zero-order valence-electron chi connectivity index (χ0n) is 13.5. The number of carbonyl (C=O) groups excluding carboxylic acids is 2. The summed E-state index contributed by atoms with van der Waals surface area (Å²) in [6.07, 6.45) is 0. The fraction of sp³-hybridized carbons (Fsp3) is 0.438. The van der Waals surface area contributed by atoms with Crippen molar-refractivity contribution in [1.29, 1.82) is 0 Å². The van der Waals surface area contributed by atoms with E-state index in [0.29, 0.717) is 25.3 Å². The Balaban J connectivity index is 1.74. The molecular formula is C16H20N4O2S. The molecule has 0 saturated carbocycles. The predicted octanol–water partition coefficient (Wildman–Crippen LogP) is 2.05. The Hall–Kier alpha value is -2.15. The zero-order chi connectivity index (χ0) is 16.6. The smallest absolute Gasteiger partial charge is 0.271 e. The monoisotopic (exact) mass is 332 g/mol. The first-order valence-electron chi connectivity index (χ1n) is 7.67. The Morgan fingerprint density at radius 3 is 2.74 bits per heavy atom. The van der Waals surface area contributed by atoms with Gasteiger partial charge >= 0.3 is 0 Å². The third-order valence-electron chi connectivity index (χ3n) is 3.69. The lowest BCUT2D eigenvalue weighted by atomic mass is 10.2. The molecule has 3 rings (SSSR count). The molecule has 1 aliphatic rings. The van der Waals surface area contributed by atoms with Crippen LogP contribution in [-0.2, 0) is 13.1 Å². The second kappa shape index (κ2) is 6.16. The molecule has 122 valence electrons. The lowest BCUT2D eigenvalue weighted by Crippen LogP contribution is -2.38. The number of nitrogens with zero attached hydrogens (tertiary/aromatic N) is 3. The number of thiophene rings is 1. The molecule has 0 atom stereocenters. The van der Waals surface area contributed by atoms with Crippen LogP contribution < -0.4 is 5.32 Å².